The molecule has 5 nitrogen and oxygen atoms in total. The number of hydrogen-bond donors (Lipinski definition) is 1. The Balaban J connectivity index is 1.91. The van der Waals surface area contributed by atoms with Crippen LogP contribution in [0.15, 0.2) is 0 Å². The number of nitriles is 1. The first-order valence-electron chi connectivity index (χ1n) is 5.11. The van der Waals surface area contributed by atoms with E-state index in [1.165, 1.54) is 11.5 Å². The number of nitrogens with one attached hydrogen (secondary N) is 1. The zero-order valence-electron chi connectivity index (χ0n) is 9.02. The first-order valence-corrected chi connectivity index (χ1v) is 5.88. The Morgan fingerprint density at radius 2 is 2.50 bits per heavy atom. The van der Waals surface area contributed by atoms with Gasteiger partial charge in [0.25, 0.3) is 0 Å². The number of aromatic nitrogens is 1. The second-order valence-corrected chi connectivity index (χ2v) is 4.31. The largest absolute Gasteiger partial charge is 0.376 e. The lowest BCUT2D eigenvalue weighted by molar-refractivity contribution is -0.0818. The Hall–Kier alpha value is -1.16. The second-order valence-electron chi connectivity index (χ2n) is 3.53. The highest BCUT2D eigenvalue weighted by atomic mass is 32.1. The fourth-order valence-electron chi connectivity index (χ4n) is 1.48. The maximum Gasteiger partial charge on any atom is 0.127 e. The topological polar surface area (TPSA) is 67.2 Å². The third kappa shape index (κ3) is 2.50. The van der Waals surface area contributed by atoms with E-state index >= 15 is 0 Å². The fourth-order valence-corrected chi connectivity index (χ4v) is 2.24. The van der Waals surface area contributed by atoms with Crippen molar-refractivity contribution in [2.45, 2.75) is 13.0 Å². The average molecular weight is 239 g/mol. The molecule has 0 spiro atoms. The molecule has 16 heavy (non-hydrogen) atoms. The summed E-state index contributed by atoms with van der Waals surface area (Å²) in [5, 5.41) is 12.9. The van der Waals surface area contributed by atoms with E-state index in [0.717, 1.165) is 10.7 Å². The van der Waals surface area contributed by atoms with Crippen molar-refractivity contribution in [3.8, 4) is 6.07 Å². The van der Waals surface area contributed by atoms with Gasteiger partial charge in [0.15, 0.2) is 0 Å². The lowest BCUT2D eigenvalue weighted by Crippen LogP contribution is -2.34. The van der Waals surface area contributed by atoms with E-state index < -0.39 is 0 Å². The number of nitrogens with zero attached hydrogens (tertiary/aromatic N) is 2. The van der Waals surface area contributed by atoms with E-state index in [4.69, 9.17) is 14.7 Å². The molecule has 1 saturated heterocycles. The van der Waals surface area contributed by atoms with E-state index in [2.05, 4.69) is 15.8 Å². The molecule has 0 bridgehead atoms. The first-order chi connectivity index (χ1) is 7.81. The van der Waals surface area contributed by atoms with Crippen molar-refractivity contribution in [1.29, 1.82) is 5.26 Å². The van der Waals surface area contributed by atoms with Crippen molar-refractivity contribution in [2.24, 2.45) is 0 Å². The van der Waals surface area contributed by atoms with Crippen LogP contribution < -0.4 is 5.32 Å². The van der Waals surface area contributed by atoms with Gasteiger partial charge in [-0.25, -0.2) is 0 Å². The number of anilines is 1. The van der Waals surface area contributed by atoms with Crippen molar-refractivity contribution in [3.05, 3.63) is 11.3 Å². The number of rotatable bonds is 3. The maximum atomic E-state index is 8.95. The van der Waals surface area contributed by atoms with E-state index in [9.17, 15) is 0 Å². The van der Waals surface area contributed by atoms with Gasteiger partial charge in [0.1, 0.15) is 16.6 Å². The molecule has 0 aromatic carbocycles. The quantitative estimate of drug-likeness (QED) is 0.857. The molecule has 0 aliphatic carbocycles. The molecule has 86 valence electrons. The lowest BCUT2D eigenvalue weighted by atomic mass is 10.2. The molecule has 1 fully saturated rings. The lowest BCUT2D eigenvalue weighted by Gasteiger charge is -2.23. The SMILES string of the molecule is Cc1nsc(NCC2COCCO2)c1C#N. The van der Waals surface area contributed by atoms with Crippen LogP contribution in [0.3, 0.4) is 0 Å². The van der Waals surface area contributed by atoms with Crippen LogP contribution in [0.2, 0.25) is 0 Å². The Morgan fingerprint density at radius 3 is 3.19 bits per heavy atom. The molecule has 1 unspecified atom stereocenters. The normalized spacial score (nSPS) is 20.4. The standard InChI is InChI=1S/C10H13N3O2S/c1-7-9(4-11)10(16-13-7)12-5-8-6-14-2-3-15-8/h8,12H,2-3,5-6H2,1H3. The molecular weight excluding hydrogens is 226 g/mol. The van der Waals surface area contributed by atoms with Gasteiger partial charge in [-0.2, -0.15) is 9.64 Å². The minimum absolute atomic E-state index is 0.0581. The van der Waals surface area contributed by atoms with E-state index in [1.54, 1.807) is 0 Å². The summed E-state index contributed by atoms with van der Waals surface area (Å²) in [6.07, 6.45) is 0.0581. The van der Waals surface area contributed by atoms with Crippen LogP contribution in [0, 0.1) is 18.3 Å². The summed E-state index contributed by atoms with van der Waals surface area (Å²) < 4.78 is 14.9. The molecule has 1 aliphatic heterocycles. The van der Waals surface area contributed by atoms with E-state index in [-0.39, 0.29) is 6.10 Å². The summed E-state index contributed by atoms with van der Waals surface area (Å²) in [5.74, 6) is 0. The summed E-state index contributed by atoms with van der Waals surface area (Å²) in [6.45, 7) is 4.39. The summed E-state index contributed by atoms with van der Waals surface area (Å²) in [7, 11) is 0. The average Bonchev–Trinajstić information content (AvgIpc) is 2.68. The van der Waals surface area contributed by atoms with Crippen LogP contribution in [0.1, 0.15) is 11.3 Å². The highest BCUT2D eigenvalue weighted by Gasteiger charge is 2.16. The maximum absolute atomic E-state index is 8.95. The van der Waals surface area contributed by atoms with E-state index in [1.807, 2.05) is 6.92 Å². The van der Waals surface area contributed by atoms with Crippen LogP contribution in [-0.2, 0) is 9.47 Å². The van der Waals surface area contributed by atoms with Crippen LogP contribution in [0.25, 0.3) is 0 Å². The highest BCUT2D eigenvalue weighted by molar-refractivity contribution is 7.10. The van der Waals surface area contributed by atoms with Gasteiger partial charge in [0.05, 0.1) is 31.6 Å². The zero-order chi connectivity index (χ0) is 11.4. The first kappa shape index (κ1) is 11.3. The molecule has 1 aromatic heterocycles. The Kier molecular flexibility index (Phi) is 3.72. The Bertz CT molecular complexity index is 393. The van der Waals surface area contributed by atoms with Gasteiger partial charge in [-0.1, -0.05) is 0 Å². The summed E-state index contributed by atoms with van der Waals surface area (Å²) >= 11 is 1.31. The zero-order valence-corrected chi connectivity index (χ0v) is 9.84. The molecule has 2 heterocycles. The van der Waals surface area contributed by atoms with Crippen molar-refractivity contribution in [1.82, 2.24) is 4.37 Å². The van der Waals surface area contributed by atoms with Gasteiger partial charge in [0, 0.05) is 6.54 Å². The molecule has 6 heteroatoms. The molecule has 1 N–H and O–H groups in total. The third-order valence-corrected chi connectivity index (χ3v) is 3.25. The van der Waals surface area contributed by atoms with Crippen LogP contribution in [0.5, 0.6) is 0 Å². The van der Waals surface area contributed by atoms with Crippen molar-refractivity contribution in [3.63, 3.8) is 0 Å². The predicted molar refractivity (Wildman–Crippen MR) is 60.6 cm³/mol. The molecule has 0 saturated carbocycles. The van der Waals surface area contributed by atoms with Crippen molar-refractivity contribution >= 4 is 16.5 Å². The van der Waals surface area contributed by atoms with Gasteiger partial charge in [-0.3, -0.25) is 0 Å². The molecule has 2 rings (SSSR count). The fraction of sp³-hybridized carbons (Fsp3) is 0.600. The summed E-state index contributed by atoms with van der Waals surface area (Å²) in [4.78, 5) is 0. The van der Waals surface area contributed by atoms with Crippen molar-refractivity contribution in [2.75, 3.05) is 31.7 Å². The van der Waals surface area contributed by atoms with Crippen molar-refractivity contribution < 1.29 is 9.47 Å². The van der Waals surface area contributed by atoms with Crippen LogP contribution in [0.4, 0.5) is 5.00 Å². The molecule has 1 aliphatic rings. The third-order valence-electron chi connectivity index (χ3n) is 2.35. The minimum atomic E-state index is 0.0581. The Labute approximate surface area is 98.2 Å². The highest BCUT2D eigenvalue weighted by Crippen LogP contribution is 2.23. The van der Waals surface area contributed by atoms with Gasteiger partial charge >= 0.3 is 0 Å². The van der Waals surface area contributed by atoms with Gasteiger partial charge < -0.3 is 14.8 Å². The number of aryl methyl sites for hydroxylation is 1. The molecule has 0 radical (unpaired) electrons. The molecular formula is C10H13N3O2S. The van der Waals surface area contributed by atoms with E-state index in [0.29, 0.717) is 31.9 Å². The summed E-state index contributed by atoms with van der Waals surface area (Å²) in [6, 6.07) is 2.14. The van der Waals surface area contributed by atoms with Gasteiger partial charge in [-0.05, 0) is 18.5 Å². The van der Waals surface area contributed by atoms with Crippen LogP contribution >= 0.6 is 11.5 Å². The minimum Gasteiger partial charge on any atom is -0.376 e. The monoisotopic (exact) mass is 239 g/mol. The van der Waals surface area contributed by atoms with Gasteiger partial charge in [0.2, 0.25) is 0 Å². The van der Waals surface area contributed by atoms with Crippen LogP contribution in [-0.4, -0.2) is 36.8 Å². The second kappa shape index (κ2) is 5.25. The summed E-state index contributed by atoms with van der Waals surface area (Å²) in [5.41, 5.74) is 1.40. The van der Waals surface area contributed by atoms with Gasteiger partial charge in [-0.15, -0.1) is 0 Å². The number of ether oxygens (including phenoxy) is 2. The number of hydrogen-bond acceptors (Lipinski definition) is 6. The predicted octanol–water partition coefficient (Wildman–Crippen LogP) is 1.15. The molecule has 1 atom stereocenters. The Morgan fingerprint density at radius 1 is 1.62 bits per heavy atom. The molecule has 1 aromatic rings. The smallest absolute Gasteiger partial charge is 0.127 e. The molecule has 0 amide bonds.